The molecular weight excluding hydrogens is 451 g/mol. The Morgan fingerprint density at radius 2 is 1.66 bits per heavy atom. The highest BCUT2D eigenvalue weighted by atomic mass is 19.1. The quantitative estimate of drug-likeness (QED) is 0.429. The Labute approximate surface area is 203 Å². The molecule has 0 spiro atoms. The molecule has 2 amide bonds. The molecule has 1 aliphatic rings. The number of anilines is 2. The average molecular weight is 479 g/mol. The summed E-state index contributed by atoms with van der Waals surface area (Å²) in [5.74, 6) is -0.103. The summed E-state index contributed by atoms with van der Waals surface area (Å²) in [6.45, 7) is -0.388. The van der Waals surface area contributed by atoms with Crippen molar-refractivity contribution in [1.29, 1.82) is 0 Å². The van der Waals surface area contributed by atoms with Crippen LogP contribution in [0.15, 0.2) is 66.7 Å². The first kappa shape index (κ1) is 24.1. The lowest BCUT2D eigenvalue weighted by molar-refractivity contribution is -0.118. The van der Waals surface area contributed by atoms with E-state index in [-0.39, 0.29) is 29.7 Å². The first-order valence-electron chi connectivity index (χ1n) is 11.5. The van der Waals surface area contributed by atoms with E-state index in [9.17, 15) is 14.0 Å². The van der Waals surface area contributed by atoms with E-state index in [1.807, 2.05) is 0 Å². The molecule has 0 aromatic heterocycles. The van der Waals surface area contributed by atoms with Crippen molar-refractivity contribution in [3.63, 3.8) is 0 Å². The van der Waals surface area contributed by atoms with E-state index < -0.39 is 17.6 Å². The van der Waals surface area contributed by atoms with Crippen LogP contribution < -0.4 is 24.8 Å². The monoisotopic (exact) mass is 478 g/mol. The van der Waals surface area contributed by atoms with E-state index in [4.69, 9.17) is 14.2 Å². The second-order valence-electron chi connectivity index (χ2n) is 8.16. The third-order valence-corrected chi connectivity index (χ3v) is 5.66. The lowest BCUT2D eigenvalue weighted by Gasteiger charge is -2.17. The standard InChI is InChI=1S/C27H27FN2O5/c1-33-24-15-14-18(16-25(24)35-19-8-2-3-9-19)29-27(32)20-10-4-7-13-23(20)34-17-26(31)30-22-12-6-5-11-21(22)28/h4-7,10-16,19H,2-3,8-9,17H2,1H3,(H,29,32)(H,30,31). The minimum absolute atomic E-state index is 0.0576. The Balaban J connectivity index is 1.42. The maximum Gasteiger partial charge on any atom is 0.262 e. The molecule has 0 atom stereocenters. The smallest absolute Gasteiger partial charge is 0.262 e. The fourth-order valence-electron chi connectivity index (χ4n) is 3.90. The molecule has 0 heterocycles. The van der Waals surface area contributed by atoms with Crippen LogP contribution in [-0.4, -0.2) is 31.6 Å². The predicted octanol–water partition coefficient (Wildman–Crippen LogP) is 5.43. The number of carbonyl (C=O) groups excluding carboxylic acids is 2. The van der Waals surface area contributed by atoms with Crippen LogP contribution in [0.25, 0.3) is 0 Å². The maximum atomic E-state index is 13.8. The summed E-state index contributed by atoms with van der Waals surface area (Å²) in [5.41, 5.74) is 0.846. The number of benzene rings is 3. The Kier molecular flexibility index (Phi) is 7.82. The van der Waals surface area contributed by atoms with Gasteiger partial charge in [0.2, 0.25) is 0 Å². The number of para-hydroxylation sites is 2. The van der Waals surface area contributed by atoms with Gasteiger partial charge >= 0.3 is 0 Å². The van der Waals surface area contributed by atoms with Crippen molar-refractivity contribution in [3.05, 3.63) is 78.1 Å². The van der Waals surface area contributed by atoms with Crippen LogP contribution in [0.5, 0.6) is 17.2 Å². The van der Waals surface area contributed by atoms with E-state index >= 15 is 0 Å². The van der Waals surface area contributed by atoms with Crippen molar-refractivity contribution in [2.24, 2.45) is 0 Å². The van der Waals surface area contributed by atoms with E-state index in [0.29, 0.717) is 17.2 Å². The lowest BCUT2D eigenvalue weighted by Crippen LogP contribution is -2.22. The number of hydrogen-bond donors (Lipinski definition) is 2. The molecule has 0 saturated heterocycles. The number of amides is 2. The summed E-state index contributed by atoms with van der Waals surface area (Å²) in [7, 11) is 1.57. The third kappa shape index (κ3) is 6.29. The van der Waals surface area contributed by atoms with Gasteiger partial charge in [0.1, 0.15) is 11.6 Å². The summed E-state index contributed by atoms with van der Waals surface area (Å²) < 4.78 is 30.8. The second kappa shape index (κ2) is 11.4. The molecule has 0 unspecified atom stereocenters. The van der Waals surface area contributed by atoms with Crippen LogP contribution in [0.4, 0.5) is 15.8 Å². The van der Waals surface area contributed by atoms with Gasteiger partial charge in [-0.2, -0.15) is 0 Å². The molecule has 1 saturated carbocycles. The SMILES string of the molecule is COc1ccc(NC(=O)c2ccccc2OCC(=O)Nc2ccccc2F)cc1OC1CCCC1. The Bertz CT molecular complexity index is 1190. The molecule has 3 aromatic carbocycles. The van der Waals surface area contributed by atoms with Crippen LogP contribution in [0.3, 0.4) is 0 Å². The first-order valence-corrected chi connectivity index (χ1v) is 11.5. The molecule has 2 N–H and O–H groups in total. The summed E-state index contributed by atoms with van der Waals surface area (Å²) in [6, 6.07) is 17.6. The van der Waals surface area contributed by atoms with Crippen molar-refractivity contribution in [2.45, 2.75) is 31.8 Å². The molecule has 7 nitrogen and oxygen atoms in total. The molecule has 0 bridgehead atoms. The normalized spacial score (nSPS) is 13.2. The molecule has 3 aromatic rings. The number of nitrogens with one attached hydrogen (secondary N) is 2. The van der Waals surface area contributed by atoms with Crippen LogP contribution in [0.2, 0.25) is 0 Å². The molecule has 4 rings (SSSR count). The van der Waals surface area contributed by atoms with E-state index in [2.05, 4.69) is 10.6 Å². The topological polar surface area (TPSA) is 85.9 Å². The summed E-state index contributed by atoms with van der Waals surface area (Å²) >= 11 is 0. The second-order valence-corrected chi connectivity index (χ2v) is 8.16. The zero-order chi connectivity index (χ0) is 24.6. The molecule has 35 heavy (non-hydrogen) atoms. The molecule has 0 radical (unpaired) electrons. The molecule has 8 heteroatoms. The minimum Gasteiger partial charge on any atom is -0.493 e. The van der Waals surface area contributed by atoms with Crippen LogP contribution in [0.1, 0.15) is 36.0 Å². The number of ether oxygens (including phenoxy) is 3. The summed E-state index contributed by atoms with van der Waals surface area (Å²) in [5, 5.41) is 5.30. The Hall–Kier alpha value is -4.07. The van der Waals surface area contributed by atoms with Crippen LogP contribution in [0, 0.1) is 5.82 Å². The third-order valence-electron chi connectivity index (χ3n) is 5.66. The molecular formula is C27H27FN2O5. The van der Waals surface area contributed by atoms with Crippen molar-refractivity contribution in [3.8, 4) is 17.2 Å². The highest BCUT2D eigenvalue weighted by Gasteiger charge is 2.20. The van der Waals surface area contributed by atoms with Gasteiger partial charge in [0.15, 0.2) is 18.1 Å². The summed E-state index contributed by atoms with van der Waals surface area (Å²) in [6.07, 6.45) is 4.40. The zero-order valence-electron chi connectivity index (χ0n) is 19.4. The number of carbonyl (C=O) groups is 2. The largest absolute Gasteiger partial charge is 0.493 e. The average Bonchev–Trinajstić information content (AvgIpc) is 3.38. The van der Waals surface area contributed by atoms with Gasteiger partial charge < -0.3 is 24.8 Å². The predicted molar refractivity (Wildman–Crippen MR) is 131 cm³/mol. The van der Waals surface area contributed by atoms with E-state index in [1.54, 1.807) is 55.6 Å². The number of methoxy groups -OCH3 is 1. The van der Waals surface area contributed by atoms with Crippen molar-refractivity contribution < 1.29 is 28.2 Å². The highest BCUT2D eigenvalue weighted by Crippen LogP contribution is 2.34. The minimum atomic E-state index is -0.547. The molecule has 182 valence electrons. The van der Waals surface area contributed by atoms with Crippen LogP contribution in [-0.2, 0) is 4.79 Å². The van der Waals surface area contributed by atoms with Crippen molar-refractivity contribution in [2.75, 3.05) is 24.4 Å². The fraction of sp³-hybridized carbons (Fsp3) is 0.259. The highest BCUT2D eigenvalue weighted by molar-refractivity contribution is 6.06. The van der Waals surface area contributed by atoms with Gasteiger partial charge in [-0.05, 0) is 62.1 Å². The molecule has 1 fully saturated rings. The maximum absolute atomic E-state index is 13.8. The van der Waals surface area contributed by atoms with Gasteiger partial charge in [-0.15, -0.1) is 0 Å². The lowest BCUT2D eigenvalue weighted by atomic mass is 10.1. The molecule has 0 aliphatic heterocycles. The van der Waals surface area contributed by atoms with Crippen LogP contribution >= 0.6 is 0 Å². The fourth-order valence-corrected chi connectivity index (χ4v) is 3.90. The van der Waals surface area contributed by atoms with Gasteiger partial charge in [0, 0.05) is 11.8 Å². The van der Waals surface area contributed by atoms with Gasteiger partial charge in [-0.25, -0.2) is 4.39 Å². The van der Waals surface area contributed by atoms with E-state index in [1.165, 1.54) is 18.2 Å². The van der Waals surface area contributed by atoms with E-state index in [0.717, 1.165) is 25.7 Å². The zero-order valence-corrected chi connectivity index (χ0v) is 19.4. The van der Waals surface area contributed by atoms with Gasteiger partial charge in [0.05, 0.1) is 24.5 Å². The number of rotatable bonds is 9. The Morgan fingerprint density at radius 1 is 0.914 bits per heavy atom. The number of halogens is 1. The number of hydrogen-bond acceptors (Lipinski definition) is 5. The van der Waals surface area contributed by atoms with Gasteiger partial charge in [-0.1, -0.05) is 24.3 Å². The Morgan fingerprint density at radius 3 is 2.43 bits per heavy atom. The summed E-state index contributed by atoms with van der Waals surface area (Å²) in [4.78, 5) is 25.2. The molecule has 1 aliphatic carbocycles. The van der Waals surface area contributed by atoms with Gasteiger partial charge in [0.25, 0.3) is 11.8 Å². The van der Waals surface area contributed by atoms with Gasteiger partial charge in [-0.3, -0.25) is 9.59 Å². The van der Waals surface area contributed by atoms with Crippen molar-refractivity contribution >= 4 is 23.2 Å². The van der Waals surface area contributed by atoms with Crippen molar-refractivity contribution in [1.82, 2.24) is 0 Å². The first-order chi connectivity index (χ1) is 17.0.